The number of benzene rings is 1. The number of carbonyl (C=O) groups is 2. The van der Waals surface area contributed by atoms with Crippen molar-refractivity contribution in [2.24, 2.45) is 5.92 Å². The molecule has 1 aromatic carbocycles. The normalized spacial score (nSPS) is 20.6. The molecule has 0 unspecified atom stereocenters. The third-order valence-corrected chi connectivity index (χ3v) is 5.09. The quantitative estimate of drug-likeness (QED) is 0.796. The molecule has 1 aromatic heterocycles. The van der Waals surface area contributed by atoms with E-state index < -0.39 is 0 Å². The van der Waals surface area contributed by atoms with Crippen LogP contribution in [-0.2, 0) is 0 Å². The number of carbonyl (C=O) groups excluding carboxylic acids is 2. The largest absolute Gasteiger partial charge is 0.367 e. The highest BCUT2D eigenvalue weighted by Gasteiger charge is 2.29. The molecule has 0 radical (unpaired) electrons. The fourth-order valence-corrected chi connectivity index (χ4v) is 3.46. The molecule has 25 heavy (non-hydrogen) atoms. The summed E-state index contributed by atoms with van der Waals surface area (Å²) in [6.07, 6.45) is 7.14. The van der Waals surface area contributed by atoms with E-state index in [1.54, 1.807) is 42.7 Å². The van der Waals surface area contributed by atoms with Crippen LogP contribution in [0.3, 0.4) is 0 Å². The zero-order valence-corrected chi connectivity index (χ0v) is 14.2. The first-order chi connectivity index (χ1) is 12.2. The maximum absolute atomic E-state index is 12.4. The first-order valence-electron chi connectivity index (χ1n) is 9.00. The van der Waals surface area contributed by atoms with Crippen molar-refractivity contribution in [3.63, 3.8) is 0 Å². The SMILES string of the molecule is O=C(N[C@@H]1CCN(CC2CC2)C1)c1ccc(C(=O)c2cc[nH]c2)cc1. The van der Waals surface area contributed by atoms with Gasteiger partial charge in [-0.15, -0.1) is 0 Å². The lowest BCUT2D eigenvalue weighted by atomic mass is 10.0. The van der Waals surface area contributed by atoms with Crippen LogP contribution in [0.25, 0.3) is 0 Å². The molecule has 130 valence electrons. The van der Waals surface area contributed by atoms with Gasteiger partial charge < -0.3 is 15.2 Å². The van der Waals surface area contributed by atoms with Gasteiger partial charge in [-0.25, -0.2) is 0 Å². The minimum absolute atomic E-state index is 0.0419. The number of amides is 1. The third-order valence-electron chi connectivity index (χ3n) is 5.09. The van der Waals surface area contributed by atoms with Crippen LogP contribution in [0.1, 0.15) is 45.5 Å². The molecule has 5 heteroatoms. The smallest absolute Gasteiger partial charge is 0.251 e. The molecule has 1 amide bonds. The standard InChI is InChI=1S/C20H23N3O2/c24-19(17-7-9-21-11-17)15-3-5-16(6-4-15)20(25)22-18-8-10-23(13-18)12-14-1-2-14/h3-7,9,11,14,18,21H,1-2,8,10,12-13H2,(H,22,25)/t18-/m1/s1. The van der Waals surface area contributed by atoms with Gasteiger partial charge in [-0.1, -0.05) is 12.1 Å². The number of likely N-dealkylation sites (tertiary alicyclic amines) is 1. The van der Waals surface area contributed by atoms with Crippen molar-refractivity contribution >= 4 is 11.7 Å². The lowest BCUT2D eigenvalue weighted by Gasteiger charge is -2.16. The van der Waals surface area contributed by atoms with E-state index in [9.17, 15) is 9.59 Å². The Morgan fingerprint density at radius 1 is 1.04 bits per heavy atom. The highest BCUT2D eigenvalue weighted by Crippen LogP contribution is 2.30. The highest BCUT2D eigenvalue weighted by molar-refractivity contribution is 6.09. The van der Waals surface area contributed by atoms with E-state index in [0.29, 0.717) is 16.7 Å². The summed E-state index contributed by atoms with van der Waals surface area (Å²) in [6, 6.07) is 8.87. The fraction of sp³-hybridized carbons (Fsp3) is 0.400. The van der Waals surface area contributed by atoms with Gasteiger partial charge in [0, 0.05) is 54.8 Å². The number of aromatic nitrogens is 1. The Labute approximate surface area is 147 Å². The molecule has 2 aliphatic rings. The maximum atomic E-state index is 12.4. The predicted molar refractivity (Wildman–Crippen MR) is 95.7 cm³/mol. The first kappa shape index (κ1) is 16.1. The molecule has 2 heterocycles. The van der Waals surface area contributed by atoms with E-state index in [1.165, 1.54) is 19.4 Å². The second-order valence-electron chi connectivity index (χ2n) is 7.17. The number of aromatic amines is 1. The van der Waals surface area contributed by atoms with Crippen molar-refractivity contribution in [3.05, 3.63) is 59.4 Å². The first-order valence-corrected chi connectivity index (χ1v) is 9.00. The molecule has 1 aliphatic carbocycles. The van der Waals surface area contributed by atoms with Crippen molar-refractivity contribution in [1.82, 2.24) is 15.2 Å². The van der Waals surface area contributed by atoms with Gasteiger partial charge in [0.1, 0.15) is 0 Å². The van der Waals surface area contributed by atoms with E-state index >= 15 is 0 Å². The summed E-state index contributed by atoms with van der Waals surface area (Å²) in [4.78, 5) is 30.0. The Balaban J connectivity index is 1.33. The number of nitrogens with zero attached hydrogens (tertiary/aromatic N) is 1. The zero-order valence-electron chi connectivity index (χ0n) is 14.2. The van der Waals surface area contributed by atoms with Crippen LogP contribution in [0.15, 0.2) is 42.7 Å². The number of hydrogen-bond donors (Lipinski definition) is 2. The van der Waals surface area contributed by atoms with E-state index in [1.807, 2.05) is 0 Å². The summed E-state index contributed by atoms with van der Waals surface area (Å²) in [7, 11) is 0. The van der Waals surface area contributed by atoms with E-state index in [-0.39, 0.29) is 17.7 Å². The van der Waals surface area contributed by atoms with Crippen LogP contribution in [-0.4, -0.2) is 47.3 Å². The molecule has 2 N–H and O–H groups in total. The predicted octanol–water partition coefficient (Wildman–Crippen LogP) is 2.46. The van der Waals surface area contributed by atoms with Crippen LogP contribution in [0.4, 0.5) is 0 Å². The zero-order chi connectivity index (χ0) is 17.2. The molecular weight excluding hydrogens is 314 g/mol. The highest BCUT2D eigenvalue weighted by atomic mass is 16.1. The minimum atomic E-state index is -0.0566. The van der Waals surface area contributed by atoms with Crippen molar-refractivity contribution in [2.45, 2.75) is 25.3 Å². The molecular formula is C20H23N3O2. The molecule has 4 rings (SSSR count). The Hall–Kier alpha value is -2.40. The number of hydrogen-bond acceptors (Lipinski definition) is 3. The monoisotopic (exact) mass is 337 g/mol. The number of ketones is 1. The summed E-state index contributed by atoms with van der Waals surface area (Å²) >= 11 is 0. The Kier molecular flexibility index (Phi) is 4.40. The van der Waals surface area contributed by atoms with Crippen molar-refractivity contribution in [2.75, 3.05) is 19.6 Å². The van der Waals surface area contributed by atoms with Crippen LogP contribution >= 0.6 is 0 Å². The third kappa shape index (κ3) is 3.82. The van der Waals surface area contributed by atoms with Gasteiger partial charge in [0.2, 0.25) is 0 Å². The van der Waals surface area contributed by atoms with Crippen LogP contribution in [0.2, 0.25) is 0 Å². The van der Waals surface area contributed by atoms with Gasteiger partial charge in [0.25, 0.3) is 5.91 Å². The van der Waals surface area contributed by atoms with Crippen LogP contribution in [0, 0.1) is 5.92 Å². The number of H-pyrrole nitrogens is 1. The second kappa shape index (κ2) is 6.84. The topological polar surface area (TPSA) is 65.2 Å². The van der Waals surface area contributed by atoms with E-state index in [4.69, 9.17) is 0 Å². The van der Waals surface area contributed by atoms with Crippen molar-refractivity contribution in [1.29, 1.82) is 0 Å². The Morgan fingerprint density at radius 2 is 1.80 bits per heavy atom. The molecule has 5 nitrogen and oxygen atoms in total. The van der Waals surface area contributed by atoms with E-state index in [0.717, 1.165) is 25.4 Å². The van der Waals surface area contributed by atoms with Gasteiger partial charge in [-0.05, 0) is 43.4 Å². The van der Waals surface area contributed by atoms with Crippen LogP contribution in [0.5, 0.6) is 0 Å². The average molecular weight is 337 g/mol. The molecule has 1 atom stereocenters. The average Bonchev–Trinajstić information content (AvgIpc) is 3.10. The molecule has 0 spiro atoms. The number of nitrogens with one attached hydrogen (secondary N) is 2. The minimum Gasteiger partial charge on any atom is -0.367 e. The summed E-state index contributed by atoms with van der Waals surface area (Å²) < 4.78 is 0. The van der Waals surface area contributed by atoms with Crippen molar-refractivity contribution in [3.8, 4) is 0 Å². The molecule has 1 saturated heterocycles. The Morgan fingerprint density at radius 3 is 2.48 bits per heavy atom. The fourth-order valence-electron chi connectivity index (χ4n) is 3.46. The second-order valence-corrected chi connectivity index (χ2v) is 7.17. The van der Waals surface area contributed by atoms with E-state index in [2.05, 4.69) is 15.2 Å². The molecule has 2 aromatic rings. The maximum Gasteiger partial charge on any atom is 0.251 e. The summed E-state index contributed by atoms with van der Waals surface area (Å²) in [5.41, 5.74) is 1.82. The Bertz CT molecular complexity index is 748. The van der Waals surface area contributed by atoms with Gasteiger partial charge in [0.15, 0.2) is 5.78 Å². The summed E-state index contributed by atoms with van der Waals surface area (Å²) in [5.74, 6) is 0.790. The molecule has 1 aliphatic heterocycles. The van der Waals surface area contributed by atoms with Gasteiger partial charge in [-0.3, -0.25) is 9.59 Å². The van der Waals surface area contributed by atoms with Gasteiger partial charge >= 0.3 is 0 Å². The summed E-state index contributed by atoms with van der Waals surface area (Å²) in [6.45, 7) is 3.21. The van der Waals surface area contributed by atoms with Gasteiger partial charge in [-0.2, -0.15) is 0 Å². The summed E-state index contributed by atoms with van der Waals surface area (Å²) in [5, 5.41) is 3.12. The van der Waals surface area contributed by atoms with Crippen LogP contribution < -0.4 is 5.32 Å². The lowest BCUT2D eigenvalue weighted by molar-refractivity contribution is 0.0936. The lowest BCUT2D eigenvalue weighted by Crippen LogP contribution is -2.37. The van der Waals surface area contributed by atoms with Gasteiger partial charge in [0.05, 0.1) is 0 Å². The molecule has 1 saturated carbocycles. The van der Waals surface area contributed by atoms with Crippen molar-refractivity contribution < 1.29 is 9.59 Å². The molecule has 0 bridgehead atoms. The number of rotatable bonds is 6. The molecule has 2 fully saturated rings.